The minimum atomic E-state index is -0.467. The molecule has 0 aromatic rings. The fourth-order valence-electron chi connectivity index (χ4n) is 1.32. The summed E-state index contributed by atoms with van der Waals surface area (Å²) >= 11 is 0. The zero-order valence-corrected chi connectivity index (χ0v) is 9.42. The summed E-state index contributed by atoms with van der Waals surface area (Å²) in [4.78, 5) is 12.8. The van der Waals surface area contributed by atoms with Gasteiger partial charge in [-0.3, -0.25) is 4.79 Å². The minimum absolute atomic E-state index is 0.0948. The van der Waals surface area contributed by atoms with Gasteiger partial charge in [-0.2, -0.15) is 0 Å². The Morgan fingerprint density at radius 1 is 1.50 bits per heavy atom. The third kappa shape index (κ3) is 6.86. The van der Waals surface area contributed by atoms with E-state index < -0.39 is 6.10 Å². The largest absolute Gasteiger partial charge is 0.390 e. The molecule has 1 atom stereocenters. The molecule has 0 saturated carbocycles. The molecule has 1 unspecified atom stereocenters. The van der Waals surface area contributed by atoms with Crippen LogP contribution in [-0.4, -0.2) is 48.2 Å². The van der Waals surface area contributed by atoms with Gasteiger partial charge in [0.15, 0.2) is 0 Å². The molecule has 0 bridgehead atoms. The van der Waals surface area contributed by atoms with Crippen LogP contribution in [0.1, 0.15) is 27.2 Å². The van der Waals surface area contributed by atoms with Crippen LogP contribution in [0.5, 0.6) is 0 Å². The van der Waals surface area contributed by atoms with Crippen molar-refractivity contribution >= 4 is 5.91 Å². The molecule has 14 heavy (non-hydrogen) atoms. The number of nitrogens with one attached hydrogen (secondary N) is 1. The van der Waals surface area contributed by atoms with Crippen LogP contribution in [0.2, 0.25) is 0 Å². The quantitative estimate of drug-likeness (QED) is 0.621. The summed E-state index contributed by atoms with van der Waals surface area (Å²) in [6, 6.07) is 0. The third-order valence-corrected chi connectivity index (χ3v) is 2.04. The Bertz CT molecular complexity index is 162. The van der Waals surface area contributed by atoms with Crippen molar-refractivity contribution in [1.29, 1.82) is 0 Å². The Labute approximate surface area is 86.3 Å². The van der Waals surface area contributed by atoms with Gasteiger partial charge in [0.1, 0.15) is 0 Å². The maximum absolute atomic E-state index is 10.6. The lowest BCUT2D eigenvalue weighted by molar-refractivity contribution is -0.119. The van der Waals surface area contributed by atoms with Crippen LogP contribution in [0.25, 0.3) is 0 Å². The van der Waals surface area contributed by atoms with E-state index in [1.807, 2.05) is 0 Å². The van der Waals surface area contributed by atoms with Gasteiger partial charge in [-0.05, 0) is 19.5 Å². The smallest absolute Gasteiger partial charge is 0.216 e. The molecule has 0 radical (unpaired) electrons. The van der Waals surface area contributed by atoms with Crippen molar-refractivity contribution in [1.82, 2.24) is 10.2 Å². The lowest BCUT2D eigenvalue weighted by atomic mass is 10.3. The average Bonchev–Trinajstić information content (AvgIpc) is 2.14. The van der Waals surface area contributed by atoms with Crippen LogP contribution in [0.3, 0.4) is 0 Å². The Hall–Kier alpha value is -0.610. The second kappa shape index (κ2) is 7.76. The summed E-state index contributed by atoms with van der Waals surface area (Å²) in [6.45, 7) is 8.54. The Morgan fingerprint density at radius 2 is 2.14 bits per heavy atom. The van der Waals surface area contributed by atoms with E-state index in [9.17, 15) is 9.90 Å². The third-order valence-electron chi connectivity index (χ3n) is 2.04. The van der Waals surface area contributed by atoms with E-state index in [-0.39, 0.29) is 5.91 Å². The number of aliphatic hydroxyl groups is 1. The Morgan fingerprint density at radius 3 is 2.57 bits per heavy atom. The van der Waals surface area contributed by atoms with Crippen LogP contribution < -0.4 is 5.32 Å². The number of nitrogens with zero attached hydrogens (tertiary/aromatic N) is 1. The normalized spacial score (nSPS) is 12.9. The van der Waals surface area contributed by atoms with E-state index in [2.05, 4.69) is 24.1 Å². The van der Waals surface area contributed by atoms with Crippen LogP contribution >= 0.6 is 0 Å². The SMILES string of the molecule is CCCN(CC)CC(O)CNC(C)=O. The van der Waals surface area contributed by atoms with Crippen molar-refractivity contribution in [3.63, 3.8) is 0 Å². The fourth-order valence-corrected chi connectivity index (χ4v) is 1.32. The number of carbonyl (C=O) groups is 1. The molecule has 0 aliphatic rings. The van der Waals surface area contributed by atoms with E-state index in [4.69, 9.17) is 0 Å². The maximum Gasteiger partial charge on any atom is 0.216 e. The van der Waals surface area contributed by atoms with Gasteiger partial charge in [-0.15, -0.1) is 0 Å². The zero-order valence-electron chi connectivity index (χ0n) is 9.42. The molecule has 0 aromatic heterocycles. The van der Waals surface area contributed by atoms with Gasteiger partial charge in [0.2, 0.25) is 5.91 Å². The summed E-state index contributed by atoms with van der Waals surface area (Å²) in [5.74, 6) is -0.0948. The number of rotatable bonds is 7. The number of aliphatic hydroxyl groups excluding tert-OH is 1. The highest BCUT2D eigenvalue weighted by Crippen LogP contribution is 1.93. The second-order valence-corrected chi connectivity index (χ2v) is 3.48. The lowest BCUT2D eigenvalue weighted by Gasteiger charge is -2.22. The first-order chi connectivity index (χ1) is 6.60. The van der Waals surface area contributed by atoms with Gasteiger partial charge in [0.25, 0.3) is 0 Å². The fraction of sp³-hybridized carbons (Fsp3) is 0.900. The first-order valence-electron chi connectivity index (χ1n) is 5.25. The molecular weight excluding hydrogens is 180 g/mol. The first-order valence-corrected chi connectivity index (χ1v) is 5.25. The van der Waals surface area contributed by atoms with E-state index in [1.165, 1.54) is 6.92 Å². The summed E-state index contributed by atoms with van der Waals surface area (Å²) in [5.41, 5.74) is 0. The van der Waals surface area contributed by atoms with Crippen LogP contribution in [0.4, 0.5) is 0 Å². The van der Waals surface area contributed by atoms with E-state index in [0.29, 0.717) is 13.1 Å². The monoisotopic (exact) mass is 202 g/mol. The van der Waals surface area contributed by atoms with E-state index >= 15 is 0 Å². The van der Waals surface area contributed by atoms with Gasteiger partial charge < -0.3 is 15.3 Å². The molecule has 84 valence electrons. The average molecular weight is 202 g/mol. The lowest BCUT2D eigenvalue weighted by Crippen LogP contribution is -2.39. The highest BCUT2D eigenvalue weighted by Gasteiger charge is 2.09. The second-order valence-electron chi connectivity index (χ2n) is 3.48. The molecule has 0 spiro atoms. The number of hydrogen-bond acceptors (Lipinski definition) is 3. The van der Waals surface area contributed by atoms with E-state index in [0.717, 1.165) is 19.5 Å². The molecule has 2 N–H and O–H groups in total. The topological polar surface area (TPSA) is 52.6 Å². The predicted octanol–water partition coefficient (Wildman–Crippen LogP) is 0.215. The molecule has 1 amide bonds. The Balaban J connectivity index is 3.66. The molecule has 0 rings (SSSR count). The molecular formula is C10H22N2O2. The summed E-state index contributed by atoms with van der Waals surface area (Å²) < 4.78 is 0. The summed E-state index contributed by atoms with van der Waals surface area (Å²) in [7, 11) is 0. The van der Waals surface area contributed by atoms with Crippen LogP contribution in [0.15, 0.2) is 0 Å². The number of likely N-dealkylation sites (N-methyl/N-ethyl adjacent to an activating group) is 1. The minimum Gasteiger partial charge on any atom is -0.390 e. The van der Waals surface area contributed by atoms with Gasteiger partial charge >= 0.3 is 0 Å². The molecule has 0 aliphatic carbocycles. The number of carbonyl (C=O) groups excluding carboxylic acids is 1. The highest BCUT2D eigenvalue weighted by molar-refractivity contribution is 5.72. The molecule has 0 saturated heterocycles. The van der Waals surface area contributed by atoms with Crippen molar-refractivity contribution in [2.24, 2.45) is 0 Å². The van der Waals surface area contributed by atoms with Crippen molar-refractivity contribution in [2.45, 2.75) is 33.3 Å². The van der Waals surface area contributed by atoms with Crippen LogP contribution in [0, 0.1) is 0 Å². The van der Waals surface area contributed by atoms with Gasteiger partial charge in [0, 0.05) is 20.0 Å². The van der Waals surface area contributed by atoms with Gasteiger partial charge in [-0.1, -0.05) is 13.8 Å². The molecule has 4 nitrogen and oxygen atoms in total. The van der Waals surface area contributed by atoms with E-state index in [1.54, 1.807) is 0 Å². The van der Waals surface area contributed by atoms with Crippen molar-refractivity contribution < 1.29 is 9.90 Å². The predicted molar refractivity (Wildman–Crippen MR) is 57.1 cm³/mol. The van der Waals surface area contributed by atoms with Gasteiger partial charge in [0.05, 0.1) is 6.10 Å². The summed E-state index contributed by atoms with van der Waals surface area (Å²) in [5, 5.41) is 12.2. The Kier molecular flexibility index (Phi) is 7.42. The highest BCUT2D eigenvalue weighted by atomic mass is 16.3. The summed E-state index contributed by atoms with van der Waals surface area (Å²) in [6.07, 6.45) is 0.617. The van der Waals surface area contributed by atoms with Crippen molar-refractivity contribution in [3.05, 3.63) is 0 Å². The van der Waals surface area contributed by atoms with Crippen molar-refractivity contribution in [2.75, 3.05) is 26.2 Å². The molecule has 0 heterocycles. The standard InChI is InChI=1S/C10H22N2O2/c1-4-6-12(5-2)8-10(14)7-11-9(3)13/h10,14H,4-8H2,1-3H3,(H,11,13). The molecule has 0 aliphatic heterocycles. The number of hydrogen-bond donors (Lipinski definition) is 2. The van der Waals surface area contributed by atoms with Crippen LogP contribution in [-0.2, 0) is 4.79 Å². The molecule has 0 fully saturated rings. The number of amides is 1. The van der Waals surface area contributed by atoms with Gasteiger partial charge in [-0.25, -0.2) is 0 Å². The molecule has 4 heteroatoms. The molecule has 0 aromatic carbocycles. The first kappa shape index (κ1) is 13.4. The zero-order chi connectivity index (χ0) is 11.0. The van der Waals surface area contributed by atoms with Crippen molar-refractivity contribution in [3.8, 4) is 0 Å². The maximum atomic E-state index is 10.6.